The van der Waals surface area contributed by atoms with Crippen molar-refractivity contribution in [2.45, 2.75) is 0 Å². The molecule has 0 amide bonds. The minimum atomic E-state index is -2.63. The van der Waals surface area contributed by atoms with Crippen LogP contribution in [0.25, 0.3) is 71.3 Å². The van der Waals surface area contributed by atoms with E-state index in [2.05, 4.69) is 289 Å². The highest BCUT2D eigenvalue weighted by atomic mass is 28.3. The van der Waals surface area contributed by atoms with Crippen LogP contribution in [0.4, 0.5) is 17.1 Å². The summed E-state index contributed by atoms with van der Waals surface area (Å²) in [5, 5.41) is 13.0. The highest BCUT2D eigenvalue weighted by Crippen LogP contribution is 2.46. The lowest BCUT2D eigenvalue weighted by Gasteiger charge is -2.34. The lowest BCUT2D eigenvalue weighted by atomic mass is 9.99. The van der Waals surface area contributed by atoms with E-state index >= 15 is 0 Å². The fourth-order valence-corrected chi connectivity index (χ4v) is 15.8. The average molecular weight is 895 g/mol. The van der Waals surface area contributed by atoms with Gasteiger partial charge in [-0.25, -0.2) is 0 Å². The normalized spacial score (nSPS) is 11.8. The fourth-order valence-electron chi connectivity index (χ4n) is 11.1. The van der Waals surface area contributed by atoms with E-state index in [1.807, 2.05) is 0 Å². The highest BCUT2D eigenvalue weighted by Gasteiger charge is 2.41. The fraction of sp³-hybridized carbons (Fsp3) is 0. The monoisotopic (exact) mass is 894 g/mol. The summed E-state index contributed by atoms with van der Waals surface area (Å²) >= 11 is 0. The second kappa shape index (κ2) is 16.8. The lowest BCUT2D eigenvalue weighted by Crippen LogP contribution is -2.74. The summed E-state index contributed by atoms with van der Waals surface area (Å²) in [5.41, 5.74) is 11.7. The van der Waals surface area contributed by atoms with Gasteiger partial charge in [-0.15, -0.1) is 0 Å². The van der Waals surface area contributed by atoms with Crippen LogP contribution in [0.5, 0.6) is 0 Å². The zero-order valence-electron chi connectivity index (χ0n) is 38.0. The Bertz CT molecular complexity index is 3810. The maximum atomic E-state index is 2.45. The number of fused-ring (bicyclic) bond motifs is 1. The van der Waals surface area contributed by atoms with Crippen LogP contribution >= 0.6 is 0 Å². The van der Waals surface area contributed by atoms with Crippen LogP contribution in [0.1, 0.15) is 0 Å². The molecule has 324 valence electrons. The van der Waals surface area contributed by atoms with E-state index in [4.69, 9.17) is 0 Å². The minimum Gasteiger partial charge on any atom is -0.310 e. The summed E-state index contributed by atoms with van der Waals surface area (Å²) in [6.07, 6.45) is 0. The van der Waals surface area contributed by atoms with Crippen molar-refractivity contribution in [3.8, 4) is 27.9 Å². The van der Waals surface area contributed by atoms with Gasteiger partial charge in [0, 0.05) is 33.2 Å². The van der Waals surface area contributed by atoms with Crippen molar-refractivity contribution in [1.82, 2.24) is 4.57 Å². The highest BCUT2D eigenvalue weighted by molar-refractivity contribution is 7.19. The average Bonchev–Trinajstić information content (AvgIpc) is 3.78. The largest absolute Gasteiger partial charge is 0.310 e. The van der Waals surface area contributed by atoms with Crippen LogP contribution in [-0.2, 0) is 0 Å². The van der Waals surface area contributed by atoms with Crippen LogP contribution in [0.2, 0.25) is 0 Å². The zero-order valence-corrected chi connectivity index (χ0v) is 39.0. The molecule has 0 aliphatic carbocycles. The van der Waals surface area contributed by atoms with Crippen molar-refractivity contribution >= 4 is 89.2 Å². The van der Waals surface area contributed by atoms with E-state index in [0.717, 1.165) is 22.7 Å². The van der Waals surface area contributed by atoms with Crippen molar-refractivity contribution in [3.63, 3.8) is 0 Å². The molecule has 0 spiro atoms. The third kappa shape index (κ3) is 6.78. The molecule has 2 nitrogen and oxygen atoms in total. The Balaban J connectivity index is 0.938. The maximum Gasteiger partial charge on any atom is 0.179 e. The van der Waals surface area contributed by atoms with Crippen molar-refractivity contribution in [1.29, 1.82) is 0 Å². The predicted molar refractivity (Wildman–Crippen MR) is 296 cm³/mol. The Hall–Kier alpha value is -8.76. The van der Waals surface area contributed by atoms with Crippen molar-refractivity contribution < 1.29 is 0 Å². The van der Waals surface area contributed by atoms with E-state index in [9.17, 15) is 0 Å². The second-order valence-electron chi connectivity index (χ2n) is 18.1. The van der Waals surface area contributed by atoms with Crippen LogP contribution < -0.4 is 25.6 Å². The SMILES string of the molecule is c1ccc(-c2ccc(N(c3ccc(-c4ccc([Si](c5ccccc5)(c5ccccc5)c5ccccc5)cc4)cc3)c3ccc4c5c3ccc3cccc(c35)n4-c3ccc4ccccc4c3)cc2)cc1. The molecule has 13 aromatic rings. The van der Waals surface area contributed by atoms with E-state index in [1.165, 1.54) is 86.4 Å². The number of hydrogen-bond acceptors (Lipinski definition) is 1. The third-order valence-electron chi connectivity index (χ3n) is 14.3. The predicted octanol–water partition coefficient (Wildman–Crippen LogP) is 14.7. The standard InChI is InChI=1S/C66H46N2Si/c1-5-16-47(17-6-1)49-28-36-54(37-29-49)67(62-44-45-64-66-61(62)43-35-52-20-15-27-63(65(52)66)68(64)56-40-32-48-18-13-14-19-53(48)46-56)55-38-30-50(31-39-55)51-33-41-60(42-34-51)69(57-21-7-2-8-22-57,58-23-9-3-10-24-58)59-25-11-4-12-26-59/h1-46H. The van der Waals surface area contributed by atoms with E-state index < -0.39 is 8.07 Å². The van der Waals surface area contributed by atoms with Crippen LogP contribution in [-0.4, -0.2) is 12.6 Å². The molecule has 69 heavy (non-hydrogen) atoms. The Morgan fingerprint density at radius 2 is 0.739 bits per heavy atom. The van der Waals surface area contributed by atoms with Crippen LogP contribution in [0.3, 0.4) is 0 Å². The molecule has 13 rings (SSSR count). The van der Waals surface area contributed by atoms with Crippen molar-refractivity contribution in [3.05, 3.63) is 279 Å². The Morgan fingerprint density at radius 3 is 1.32 bits per heavy atom. The first-order valence-corrected chi connectivity index (χ1v) is 25.8. The quantitative estimate of drug-likeness (QED) is 0.0754. The zero-order chi connectivity index (χ0) is 45.7. The van der Waals surface area contributed by atoms with Gasteiger partial charge in [-0.05, 0) is 114 Å². The van der Waals surface area contributed by atoms with Gasteiger partial charge < -0.3 is 9.47 Å². The van der Waals surface area contributed by atoms with Gasteiger partial charge in [-0.2, -0.15) is 0 Å². The molecular formula is C66H46N2Si. The molecule has 0 fully saturated rings. The molecule has 0 aliphatic heterocycles. The topological polar surface area (TPSA) is 8.17 Å². The number of aromatic nitrogens is 1. The number of rotatable bonds is 10. The Morgan fingerprint density at radius 1 is 0.290 bits per heavy atom. The van der Waals surface area contributed by atoms with Gasteiger partial charge in [0.25, 0.3) is 0 Å². The van der Waals surface area contributed by atoms with E-state index in [1.54, 1.807) is 0 Å². The molecule has 1 aromatic heterocycles. The van der Waals surface area contributed by atoms with Gasteiger partial charge in [0.05, 0.1) is 16.7 Å². The third-order valence-corrected chi connectivity index (χ3v) is 19.1. The molecule has 12 aromatic carbocycles. The molecule has 0 unspecified atom stereocenters. The van der Waals surface area contributed by atoms with Gasteiger partial charge in [-0.3, -0.25) is 0 Å². The Labute approximate surface area is 403 Å². The van der Waals surface area contributed by atoms with Crippen molar-refractivity contribution in [2.75, 3.05) is 4.90 Å². The summed E-state index contributed by atoms with van der Waals surface area (Å²) in [7, 11) is -2.63. The first-order chi connectivity index (χ1) is 34.2. The van der Waals surface area contributed by atoms with Gasteiger partial charge in [0.15, 0.2) is 8.07 Å². The molecule has 0 aliphatic rings. The number of anilines is 3. The van der Waals surface area contributed by atoms with Crippen molar-refractivity contribution in [2.24, 2.45) is 0 Å². The second-order valence-corrected chi connectivity index (χ2v) is 21.9. The molecule has 0 N–H and O–H groups in total. The summed E-state index contributed by atoms with van der Waals surface area (Å²) in [5.74, 6) is 0. The van der Waals surface area contributed by atoms with E-state index in [-0.39, 0.29) is 0 Å². The smallest absolute Gasteiger partial charge is 0.179 e. The van der Waals surface area contributed by atoms with Gasteiger partial charge in [0.2, 0.25) is 0 Å². The van der Waals surface area contributed by atoms with Gasteiger partial charge >= 0.3 is 0 Å². The number of benzene rings is 12. The maximum absolute atomic E-state index is 2.63. The molecule has 0 radical (unpaired) electrons. The molecule has 1 heterocycles. The molecule has 0 saturated carbocycles. The minimum absolute atomic E-state index is 1.10. The lowest BCUT2D eigenvalue weighted by molar-refractivity contribution is 1.19. The number of hydrogen-bond donors (Lipinski definition) is 0. The first-order valence-electron chi connectivity index (χ1n) is 23.8. The van der Waals surface area contributed by atoms with Crippen LogP contribution in [0, 0.1) is 0 Å². The molecule has 0 saturated heterocycles. The molecule has 0 bridgehead atoms. The molecule has 3 heteroatoms. The van der Waals surface area contributed by atoms with Gasteiger partial charge in [0.1, 0.15) is 0 Å². The Kier molecular flexibility index (Phi) is 9.88. The van der Waals surface area contributed by atoms with Gasteiger partial charge in [-0.1, -0.05) is 224 Å². The number of nitrogens with zero attached hydrogens (tertiary/aromatic N) is 2. The molecular weight excluding hydrogens is 849 g/mol. The van der Waals surface area contributed by atoms with E-state index in [0.29, 0.717) is 0 Å². The molecule has 0 atom stereocenters. The first kappa shape index (κ1) is 40.5. The summed E-state index contributed by atoms with van der Waals surface area (Å²) in [4.78, 5) is 2.44. The summed E-state index contributed by atoms with van der Waals surface area (Å²) < 4.78 is 2.45. The summed E-state index contributed by atoms with van der Waals surface area (Å²) in [6, 6.07) is 103. The van der Waals surface area contributed by atoms with Crippen LogP contribution in [0.15, 0.2) is 279 Å². The summed E-state index contributed by atoms with van der Waals surface area (Å²) in [6.45, 7) is 0.